The van der Waals surface area contributed by atoms with Crippen molar-refractivity contribution in [1.29, 1.82) is 0 Å². The van der Waals surface area contributed by atoms with Crippen molar-refractivity contribution >= 4 is 52.7 Å². The number of carboxylic acids is 1. The molecule has 0 amide bonds. The molecule has 1 rings (SSSR count). The fourth-order valence-electron chi connectivity index (χ4n) is 2.35. The Kier molecular flexibility index (Phi) is 9.19. The zero-order valence-corrected chi connectivity index (χ0v) is 16.6. The van der Waals surface area contributed by atoms with Crippen molar-refractivity contribution in [2.75, 3.05) is 6.61 Å². The summed E-state index contributed by atoms with van der Waals surface area (Å²) in [4.78, 5) is 34.4. The van der Waals surface area contributed by atoms with E-state index in [4.69, 9.17) is 44.6 Å². The van der Waals surface area contributed by atoms with Gasteiger partial charge in [0.1, 0.15) is 5.56 Å². The number of esters is 2. The molecule has 0 saturated carbocycles. The molecule has 0 aliphatic rings. The highest BCUT2D eigenvalue weighted by Crippen LogP contribution is 2.39. The normalized spacial score (nSPS) is 11.7. The third-order valence-corrected chi connectivity index (χ3v) is 4.80. The van der Waals surface area contributed by atoms with Crippen molar-refractivity contribution in [2.45, 2.75) is 39.5 Å². The lowest BCUT2D eigenvalue weighted by molar-refractivity contribution is -0.158. The molecule has 0 fully saturated rings. The zero-order chi connectivity index (χ0) is 19.9. The summed E-state index contributed by atoms with van der Waals surface area (Å²) in [6.45, 7) is 4.26. The van der Waals surface area contributed by atoms with E-state index in [1.165, 1.54) is 0 Å². The molecule has 0 aromatic heterocycles. The van der Waals surface area contributed by atoms with E-state index in [1.54, 1.807) is 0 Å². The van der Waals surface area contributed by atoms with Gasteiger partial charge in [0.25, 0.3) is 0 Å². The Morgan fingerprint density at radius 2 is 1.77 bits per heavy atom. The maximum absolute atomic E-state index is 12.4. The quantitative estimate of drug-likeness (QED) is 0.272. The molecule has 1 atom stereocenters. The molecule has 0 aliphatic carbocycles. The number of hydrogen-bond donors (Lipinski definition) is 1. The highest BCUT2D eigenvalue weighted by Gasteiger charge is 2.27. The van der Waals surface area contributed by atoms with Gasteiger partial charge in [0.15, 0.2) is 5.75 Å². The third kappa shape index (κ3) is 6.04. The maximum Gasteiger partial charge on any atom is 0.422 e. The molecule has 6 nitrogen and oxygen atoms in total. The van der Waals surface area contributed by atoms with Gasteiger partial charge >= 0.3 is 17.9 Å². The van der Waals surface area contributed by atoms with Crippen LogP contribution in [0.25, 0.3) is 0 Å². The van der Waals surface area contributed by atoms with E-state index in [9.17, 15) is 14.4 Å². The number of benzene rings is 1. The van der Waals surface area contributed by atoms with E-state index >= 15 is 0 Å². The van der Waals surface area contributed by atoms with Crippen molar-refractivity contribution in [1.82, 2.24) is 0 Å². The minimum atomic E-state index is -1.85. The predicted molar refractivity (Wildman–Crippen MR) is 98.3 cm³/mol. The van der Waals surface area contributed by atoms with Crippen LogP contribution >= 0.6 is 34.8 Å². The van der Waals surface area contributed by atoms with E-state index in [0.717, 1.165) is 25.3 Å². The maximum atomic E-state index is 12.4. The van der Waals surface area contributed by atoms with Crippen LogP contribution in [0.2, 0.25) is 15.1 Å². The number of ether oxygens (including phenoxy) is 2. The monoisotopic (exact) mass is 424 g/mol. The fourth-order valence-corrected chi connectivity index (χ4v) is 3.07. The van der Waals surface area contributed by atoms with Gasteiger partial charge in [-0.2, -0.15) is 0 Å². The van der Waals surface area contributed by atoms with E-state index in [1.807, 2.05) is 0 Å². The lowest BCUT2D eigenvalue weighted by atomic mass is 9.98. The lowest BCUT2D eigenvalue weighted by Crippen LogP contribution is -2.21. The van der Waals surface area contributed by atoms with E-state index < -0.39 is 23.7 Å². The van der Waals surface area contributed by atoms with E-state index in [0.29, 0.717) is 12.3 Å². The molecule has 1 aromatic rings. The average molecular weight is 426 g/mol. The summed E-state index contributed by atoms with van der Waals surface area (Å²) in [6.07, 6.45) is 3.65. The van der Waals surface area contributed by atoms with Gasteiger partial charge in [-0.05, 0) is 18.4 Å². The molecule has 1 N–H and O–H groups in total. The Bertz CT molecular complexity index is 690. The minimum Gasteiger partial charge on any atom is -0.473 e. The van der Waals surface area contributed by atoms with Crippen LogP contribution in [0.15, 0.2) is 6.07 Å². The summed E-state index contributed by atoms with van der Waals surface area (Å²) in [5.41, 5.74) is -0.387. The van der Waals surface area contributed by atoms with Gasteiger partial charge in [-0.3, -0.25) is 0 Å². The highest BCUT2D eigenvalue weighted by molar-refractivity contribution is 6.46. The Morgan fingerprint density at radius 1 is 1.12 bits per heavy atom. The molecule has 0 heterocycles. The molecular formula is C17H19Cl3O6. The molecule has 0 spiro atoms. The summed E-state index contributed by atoms with van der Waals surface area (Å²) in [5, 5.41) is 8.14. The van der Waals surface area contributed by atoms with Gasteiger partial charge in [0.05, 0.1) is 21.7 Å². The minimum absolute atomic E-state index is 0.0591. The summed E-state index contributed by atoms with van der Waals surface area (Å²) in [5.74, 6) is -4.46. The highest BCUT2D eigenvalue weighted by atomic mass is 35.5. The number of halogens is 3. The summed E-state index contributed by atoms with van der Waals surface area (Å²) in [7, 11) is 0. The summed E-state index contributed by atoms with van der Waals surface area (Å²) in [6, 6.07) is 1.14. The van der Waals surface area contributed by atoms with Crippen LogP contribution in [-0.2, 0) is 14.3 Å². The third-order valence-electron chi connectivity index (χ3n) is 3.73. The van der Waals surface area contributed by atoms with Crippen molar-refractivity contribution < 1.29 is 29.0 Å². The smallest absolute Gasteiger partial charge is 0.422 e. The van der Waals surface area contributed by atoms with Crippen LogP contribution in [-0.4, -0.2) is 29.6 Å². The van der Waals surface area contributed by atoms with Gasteiger partial charge < -0.3 is 14.6 Å². The topological polar surface area (TPSA) is 89.9 Å². The second-order valence-electron chi connectivity index (χ2n) is 5.54. The number of carbonyl (C=O) groups excluding carboxylic acids is 2. The van der Waals surface area contributed by atoms with Gasteiger partial charge in [-0.25, -0.2) is 14.4 Å². The van der Waals surface area contributed by atoms with Crippen LogP contribution < -0.4 is 4.74 Å². The molecule has 0 bridgehead atoms. The van der Waals surface area contributed by atoms with Crippen LogP contribution in [0.5, 0.6) is 5.75 Å². The fraction of sp³-hybridized carbons (Fsp3) is 0.471. The Morgan fingerprint density at radius 3 is 2.31 bits per heavy atom. The first-order chi connectivity index (χ1) is 12.2. The van der Waals surface area contributed by atoms with Crippen LogP contribution in [0.1, 0.15) is 49.9 Å². The number of carboxylic acid groups (broad SMARTS) is 1. The first-order valence-corrected chi connectivity index (χ1v) is 9.15. The van der Waals surface area contributed by atoms with Crippen LogP contribution in [0, 0.1) is 5.92 Å². The molecule has 1 aromatic carbocycles. The van der Waals surface area contributed by atoms with E-state index in [-0.39, 0.29) is 27.2 Å². The Hall–Kier alpha value is -1.50. The van der Waals surface area contributed by atoms with Crippen LogP contribution in [0.3, 0.4) is 0 Å². The Balaban J connectivity index is 3.03. The van der Waals surface area contributed by atoms with E-state index in [2.05, 4.69) is 18.6 Å². The van der Waals surface area contributed by atoms with Crippen molar-refractivity contribution in [3.8, 4) is 5.75 Å². The molecular weight excluding hydrogens is 407 g/mol. The predicted octanol–water partition coefficient (Wildman–Crippen LogP) is 5.01. The van der Waals surface area contributed by atoms with Crippen molar-refractivity contribution in [3.05, 3.63) is 26.7 Å². The van der Waals surface area contributed by atoms with Gasteiger partial charge in [-0.15, -0.1) is 0 Å². The molecule has 0 radical (unpaired) electrons. The molecule has 9 heteroatoms. The van der Waals surface area contributed by atoms with Crippen molar-refractivity contribution in [2.24, 2.45) is 5.92 Å². The Labute approximate surface area is 166 Å². The standard InChI is InChI=1S/C17H19Cl3O6/c1-3-5-9(4-2)6-7-25-16(23)12-13(20)10(18)8-11(19)14(12)26-17(24)15(21)22/h8-9H,3-7H2,1-2H3,(H,21,22). The molecule has 26 heavy (non-hydrogen) atoms. The average Bonchev–Trinajstić information content (AvgIpc) is 2.58. The zero-order valence-electron chi connectivity index (χ0n) is 14.3. The van der Waals surface area contributed by atoms with Crippen LogP contribution in [0.4, 0.5) is 0 Å². The summed E-state index contributed by atoms with van der Waals surface area (Å²) >= 11 is 17.8. The number of hydrogen-bond acceptors (Lipinski definition) is 5. The number of aliphatic carboxylic acids is 1. The molecule has 1 unspecified atom stereocenters. The van der Waals surface area contributed by atoms with Gasteiger partial charge in [0, 0.05) is 0 Å². The largest absolute Gasteiger partial charge is 0.473 e. The second kappa shape index (κ2) is 10.6. The lowest BCUT2D eigenvalue weighted by Gasteiger charge is -2.16. The first kappa shape index (κ1) is 22.5. The van der Waals surface area contributed by atoms with Gasteiger partial charge in [-0.1, -0.05) is 67.9 Å². The molecule has 0 aliphatic heterocycles. The molecule has 144 valence electrons. The van der Waals surface area contributed by atoms with Gasteiger partial charge in [0.2, 0.25) is 0 Å². The second-order valence-corrected chi connectivity index (χ2v) is 6.73. The number of carbonyl (C=O) groups is 3. The first-order valence-electron chi connectivity index (χ1n) is 8.02. The number of rotatable bonds is 8. The summed E-state index contributed by atoms with van der Waals surface area (Å²) < 4.78 is 9.87. The SMILES string of the molecule is CCCC(CC)CCOC(=O)c1c(Cl)c(Cl)cc(Cl)c1OC(=O)C(=O)O. The van der Waals surface area contributed by atoms with Crippen molar-refractivity contribution in [3.63, 3.8) is 0 Å². The molecule has 0 saturated heterocycles.